The number of para-hydroxylation sites is 1. The van der Waals surface area contributed by atoms with Crippen LogP contribution in [0.1, 0.15) is 24.1 Å². The van der Waals surface area contributed by atoms with E-state index in [0.29, 0.717) is 13.0 Å². The first-order valence-electron chi connectivity index (χ1n) is 9.13. The summed E-state index contributed by atoms with van der Waals surface area (Å²) < 4.78 is 1.79. The fraction of sp³-hybridized carbons (Fsp3) is 0.300. The van der Waals surface area contributed by atoms with Gasteiger partial charge in [0.2, 0.25) is 5.91 Å². The van der Waals surface area contributed by atoms with Crippen LogP contribution in [0.4, 0.5) is 0 Å². The maximum atomic E-state index is 11.5. The van der Waals surface area contributed by atoms with Crippen LogP contribution >= 0.6 is 0 Å². The first-order valence-corrected chi connectivity index (χ1v) is 9.13. The van der Waals surface area contributed by atoms with E-state index in [2.05, 4.69) is 31.6 Å². The van der Waals surface area contributed by atoms with Crippen LogP contribution in [0, 0.1) is 0 Å². The molecule has 0 bridgehead atoms. The van der Waals surface area contributed by atoms with Crippen LogP contribution in [-0.2, 0) is 17.9 Å². The van der Waals surface area contributed by atoms with Crippen molar-refractivity contribution < 1.29 is 4.79 Å². The molecule has 7 nitrogen and oxygen atoms in total. The van der Waals surface area contributed by atoms with E-state index in [1.807, 2.05) is 48.8 Å². The van der Waals surface area contributed by atoms with Crippen molar-refractivity contribution in [2.24, 2.45) is 0 Å². The maximum absolute atomic E-state index is 11.5. The molecule has 1 fully saturated rings. The second-order valence-corrected chi connectivity index (χ2v) is 6.82. The lowest BCUT2D eigenvalue weighted by atomic mass is 10.2. The summed E-state index contributed by atoms with van der Waals surface area (Å²) in [5.74, 6) is 0.136. The van der Waals surface area contributed by atoms with Crippen molar-refractivity contribution in [2.75, 3.05) is 6.54 Å². The minimum Gasteiger partial charge on any atom is -0.352 e. The molecule has 1 amide bonds. The Hall–Kier alpha value is -3.06. The molecule has 1 aliphatic rings. The fourth-order valence-corrected chi connectivity index (χ4v) is 3.37. The number of hydrogen-bond acceptors (Lipinski definition) is 5. The number of nitrogens with zero attached hydrogens (tertiary/aromatic N) is 5. The highest BCUT2D eigenvalue weighted by atomic mass is 16.1. The molecule has 4 rings (SSSR count). The Morgan fingerprint density at radius 2 is 2.04 bits per heavy atom. The first-order chi connectivity index (χ1) is 13.3. The summed E-state index contributed by atoms with van der Waals surface area (Å²) in [6.07, 6.45) is 7.09. The molecule has 3 heterocycles. The normalized spacial score (nSPS) is 16.6. The molecule has 27 heavy (non-hydrogen) atoms. The van der Waals surface area contributed by atoms with Gasteiger partial charge in [-0.2, -0.15) is 0 Å². The molecule has 1 N–H and O–H groups in total. The summed E-state index contributed by atoms with van der Waals surface area (Å²) in [5.41, 5.74) is 3.02. The Morgan fingerprint density at radius 3 is 2.78 bits per heavy atom. The van der Waals surface area contributed by atoms with Gasteiger partial charge < -0.3 is 5.32 Å². The number of nitrogens with one attached hydrogen (secondary N) is 1. The van der Waals surface area contributed by atoms with E-state index >= 15 is 0 Å². The third-order valence-corrected chi connectivity index (χ3v) is 4.64. The van der Waals surface area contributed by atoms with Gasteiger partial charge in [-0.25, -0.2) is 4.68 Å². The van der Waals surface area contributed by atoms with E-state index < -0.39 is 0 Å². The van der Waals surface area contributed by atoms with Gasteiger partial charge in [0.15, 0.2) is 0 Å². The fourth-order valence-electron chi connectivity index (χ4n) is 3.37. The largest absolute Gasteiger partial charge is 0.352 e. The van der Waals surface area contributed by atoms with E-state index in [-0.39, 0.29) is 11.9 Å². The van der Waals surface area contributed by atoms with Gasteiger partial charge in [-0.05, 0) is 30.2 Å². The Kier molecular flexibility index (Phi) is 5.20. The maximum Gasteiger partial charge on any atom is 0.220 e. The SMILES string of the molecule is O=C1CC[C@@H](CN(Cc2cccnc2)Cc2cn(-c3ccccc3)nn2)N1. The molecule has 1 saturated heterocycles. The summed E-state index contributed by atoms with van der Waals surface area (Å²) in [5, 5.41) is 11.6. The molecule has 0 unspecified atom stereocenters. The highest BCUT2D eigenvalue weighted by Crippen LogP contribution is 2.14. The van der Waals surface area contributed by atoms with Gasteiger partial charge in [0, 0.05) is 44.5 Å². The van der Waals surface area contributed by atoms with Crippen molar-refractivity contribution in [1.82, 2.24) is 30.2 Å². The smallest absolute Gasteiger partial charge is 0.220 e. The van der Waals surface area contributed by atoms with Gasteiger partial charge in [0.05, 0.1) is 17.6 Å². The van der Waals surface area contributed by atoms with Crippen LogP contribution in [0.2, 0.25) is 0 Å². The van der Waals surface area contributed by atoms with Crippen molar-refractivity contribution in [3.05, 3.63) is 72.3 Å². The zero-order valence-corrected chi connectivity index (χ0v) is 15.0. The van der Waals surface area contributed by atoms with Gasteiger partial charge in [0.25, 0.3) is 0 Å². The number of carbonyl (C=O) groups is 1. The van der Waals surface area contributed by atoms with Crippen molar-refractivity contribution in [1.29, 1.82) is 0 Å². The highest BCUT2D eigenvalue weighted by Gasteiger charge is 2.23. The minimum absolute atomic E-state index is 0.136. The zero-order chi connectivity index (χ0) is 18.5. The standard InChI is InChI=1S/C20H22N6O/c27-20-9-8-17(22-20)13-25(12-16-5-4-10-21-11-16)14-18-15-26(24-23-18)19-6-2-1-3-7-19/h1-7,10-11,15,17H,8-9,12-14H2,(H,22,27)/t17-/m0/s1. The Labute approximate surface area is 158 Å². The number of aromatic nitrogens is 4. The number of pyridine rings is 1. The van der Waals surface area contributed by atoms with Crippen molar-refractivity contribution in [3.63, 3.8) is 0 Å². The topological polar surface area (TPSA) is 75.9 Å². The number of benzene rings is 1. The van der Waals surface area contributed by atoms with Gasteiger partial charge in [-0.3, -0.25) is 14.7 Å². The molecule has 138 valence electrons. The predicted octanol–water partition coefficient (Wildman–Crippen LogP) is 1.94. The quantitative estimate of drug-likeness (QED) is 0.695. The van der Waals surface area contributed by atoms with Crippen molar-refractivity contribution in [2.45, 2.75) is 32.0 Å². The lowest BCUT2D eigenvalue weighted by molar-refractivity contribution is -0.119. The Bertz CT molecular complexity index is 880. The molecule has 0 spiro atoms. The molecular formula is C20H22N6O. The molecule has 3 aromatic rings. The number of hydrogen-bond donors (Lipinski definition) is 1. The molecule has 1 aromatic carbocycles. The molecule has 0 radical (unpaired) electrons. The van der Waals surface area contributed by atoms with Gasteiger partial charge >= 0.3 is 0 Å². The summed E-state index contributed by atoms with van der Waals surface area (Å²) >= 11 is 0. The van der Waals surface area contributed by atoms with Crippen LogP contribution in [0.15, 0.2) is 61.1 Å². The van der Waals surface area contributed by atoms with Crippen molar-refractivity contribution in [3.8, 4) is 5.69 Å². The van der Waals surface area contributed by atoms with Gasteiger partial charge in [-0.15, -0.1) is 5.10 Å². The second-order valence-electron chi connectivity index (χ2n) is 6.82. The molecule has 0 aliphatic carbocycles. The minimum atomic E-state index is 0.136. The lowest BCUT2D eigenvalue weighted by Crippen LogP contribution is -2.38. The molecule has 0 saturated carbocycles. The van der Waals surface area contributed by atoms with Crippen LogP contribution in [0.3, 0.4) is 0 Å². The Morgan fingerprint density at radius 1 is 1.15 bits per heavy atom. The average molecular weight is 362 g/mol. The van der Waals surface area contributed by atoms with E-state index in [9.17, 15) is 4.79 Å². The summed E-state index contributed by atoms with van der Waals surface area (Å²) in [4.78, 5) is 18.0. The number of amides is 1. The van der Waals surface area contributed by atoms with Gasteiger partial charge in [-0.1, -0.05) is 29.5 Å². The first kappa shape index (κ1) is 17.4. The summed E-state index contributed by atoms with van der Waals surface area (Å²) in [6.45, 7) is 2.19. The second kappa shape index (κ2) is 8.09. The van der Waals surface area contributed by atoms with Crippen molar-refractivity contribution >= 4 is 5.91 Å². The summed E-state index contributed by atoms with van der Waals surface area (Å²) in [7, 11) is 0. The highest BCUT2D eigenvalue weighted by molar-refractivity contribution is 5.78. The van der Waals surface area contributed by atoms with Crippen LogP contribution in [0.25, 0.3) is 5.69 Å². The number of carbonyl (C=O) groups excluding carboxylic acids is 1. The molecule has 1 aliphatic heterocycles. The Balaban J connectivity index is 1.48. The summed E-state index contributed by atoms with van der Waals surface area (Å²) in [6, 6.07) is 14.1. The third kappa shape index (κ3) is 4.57. The van der Waals surface area contributed by atoms with Crippen LogP contribution < -0.4 is 5.32 Å². The monoisotopic (exact) mass is 362 g/mol. The van der Waals surface area contributed by atoms with Gasteiger partial charge in [0.1, 0.15) is 0 Å². The molecule has 1 atom stereocenters. The predicted molar refractivity (Wildman–Crippen MR) is 101 cm³/mol. The third-order valence-electron chi connectivity index (χ3n) is 4.64. The average Bonchev–Trinajstić information content (AvgIpc) is 3.32. The molecule has 7 heteroatoms. The molecule has 2 aromatic heterocycles. The van der Waals surface area contributed by atoms with E-state index in [1.165, 1.54) is 0 Å². The zero-order valence-electron chi connectivity index (χ0n) is 15.0. The molecular weight excluding hydrogens is 340 g/mol. The number of rotatable bonds is 7. The van der Waals surface area contributed by atoms with E-state index in [0.717, 1.165) is 36.5 Å². The van der Waals surface area contributed by atoms with E-state index in [4.69, 9.17) is 0 Å². The van der Waals surface area contributed by atoms with E-state index in [1.54, 1.807) is 10.9 Å². The lowest BCUT2D eigenvalue weighted by Gasteiger charge is -2.24. The van der Waals surface area contributed by atoms with Crippen LogP contribution in [0.5, 0.6) is 0 Å². The van der Waals surface area contributed by atoms with Crippen LogP contribution in [-0.4, -0.2) is 43.4 Å².